The van der Waals surface area contributed by atoms with Gasteiger partial charge in [-0.05, 0) is 42.8 Å². The van der Waals surface area contributed by atoms with Crippen molar-refractivity contribution >= 4 is 23.5 Å². The highest BCUT2D eigenvalue weighted by Gasteiger charge is 2.34. The molecule has 0 atom stereocenters. The lowest BCUT2D eigenvalue weighted by atomic mass is 10.0. The smallest absolute Gasteiger partial charge is 0.416 e. The first-order chi connectivity index (χ1) is 15.2. The first-order valence-electron chi connectivity index (χ1n) is 9.93. The van der Waals surface area contributed by atoms with Crippen molar-refractivity contribution in [3.63, 3.8) is 0 Å². The number of urea groups is 1. The van der Waals surface area contributed by atoms with E-state index in [9.17, 15) is 22.8 Å². The molecule has 2 heterocycles. The summed E-state index contributed by atoms with van der Waals surface area (Å²) in [5.74, 6) is 0. The van der Waals surface area contributed by atoms with Gasteiger partial charge in [-0.3, -0.25) is 4.98 Å². The largest absolute Gasteiger partial charge is 0.453 e. The Bertz CT molecular complexity index is 958. The number of carbonyl (C=O) groups excluding carboxylic acids is 2. The van der Waals surface area contributed by atoms with Crippen LogP contribution < -0.4 is 15.5 Å². The van der Waals surface area contributed by atoms with Gasteiger partial charge in [-0.15, -0.1) is 0 Å². The Balaban J connectivity index is 1.70. The molecule has 172 valence electrons. The molecular weight excluding hydrogens is 427 g/mol. The number of anilines is 2. The summed E-state index contributed by atoms with van der Waals surface area (Å²) in [5.41, 5.74) is 0.924. The van der Waals surface area contributed by atoms with Gasteiger partial charge in [-0.1, -0.05) is 0 Å². The zero-order valence-corrected chi connectivity index (χ0v) is 17.7. The van der Waals surface area contributed by atoms with Gasteiger partial charge in [0.25, 0.3) is 0 Å². The van der Waals surface area contributed by atoms with Crippen LogP contribution in [0.4, 0.5) is 34.1 Å². The second-order valence-corrected chi connectivity index (χ2v) is 7.28. The summed E-state index contributed by atoms with van der Waals surface area (Å²) in [7, 11) is 1.30. The molecule has 0 aliphatic carbocycles. The van der Waals surface area contributed by atoms with E-state index in [1.807, 2.05) is 4.90 Å². The van der Waals surface area contributed by atoms with Gasteiger partial charge in [-0.2, -0.15) is 13.2 Å². The van der Waals surface area contributed by atoms with Crippen LogP contribution in [0.5, 0.6) is 0 Å². The maximum Gasteiger partial charge on any atom is 0.416 e. The molecule has 1 fully saturated rings. The maximum atomic E-state index is 13.5. The number of ether oxygens (including phenoxy) is 1. The lowest BCUT2D eigenvalue weighted by Crippen LogP contribution is -2.48. The van der Waals surface area contributed by atoms with Crippen molar-refractivity contribution < 1.29 is 27.5 Å². The van der Waals surface area contributed by atoms with Crippen molar-refractivity contribution in [3.8, 4) is 0 Å². The lowest BCUT2D eigenvalue weighted by molar-refractivity contribution is -0.138. The SMILES string of the molecule is COC(=O)N1CCN(c2ccc(C(F)(F)F)c(CNC(=O)Nc3ccc(C)nc3)c2)CC1. The van der Waals surface area contributed by atoms with Crippen LogP contribution in [0.3, 0.4) is 0 Å². The average Bonchev–Trinajstić information content (AvgIpc) is 2.78. The fourth-order valence-electron chi connectivity index (χ4n) is 3.37. The van der Waals surface area contributed by atoms with E-state index < -0.39 is 23.9 Å². The number of pyridine rings is 1. The van der Waals surface area contributed by atoms with Crippen LogP contribution in [0, 0.1) is 6.92 Å². The average molecular weight is 451 g/mol. The van der Waals surface area contributed by atoms with Crippen LogP contribution in [0.25, 0.3) is 0 Å². The molecule has 1 aliphatic heterocycles. The van der Waals surface area contributed by atoms with Crippen LogP contribution in [-0.2, 0) is 17.5 Å². The fraction of sp³-hybridized carbons (Fsp3) is 0.381. The molecule has 1 aromatic carbocycles. The van der Waals surface area contributed by atoms with Gasteiger partial charge < -0.3 is 25.2 Å². The van der Waals surface area contributed by atoms with Crippen LogP contribution in [-0.4, -0.2) is 55.3 Å². The molecule has 0 spiro atoms. The Morgan fingerprint density at radius 1 is 1.12 bits per heavy atom. The standard InChI is InChI=1S/C21H24F3N5O3/c1-14-3-4-16(13-25-14)27-19(30)26-12-15-11-17(5-6-18(15)21(22,23)24)28-7-9-29(10-8-28)20(31)32-2/h3-6,11,13H,7-10,12H2,1-2H3,(H2,26,27,30). The van der Waals surface area contributed by atoms with Gasteiger partial charge in [0.05, 0.1) is 24.6 Å². The summed E-state index contributed by atoms with van der Waals surface area (Å²) >= 11 is 0. The number of amides is 3. The Morgan fingerprint density at radius 2 is 1.84 bits per heavy atom. The van der Waals surface area contributed by atoms with Crippen molar-refractivity contribution in [2.24, 2.45) is 0 Å². The quantitative estimate of drug-likeness (QED) is 0.742. The van der Waals surface area contributed by atoms with E-state index in [1.54, 1.807) is 19.1 Å². The monoisotopic (exact) mass is 451 g/mol. The predicted octanol–water partition coefficient (Wildman–Crippen LogP) is 3.62. The molecule has 2 aromatic rings. The molecular formula is C21H24F3N5O3. The number of carbonyl (C=O) groups is 2. The van der Waals surface area contributed by atoms with Crippen molar-refractivity contribution in [1.29, 1.82) is 0 Å². The summed E-state index contributed by atoms with van der Waals surface area (Å²) in [5, 5.41) is 5.01. The number of benzene rings is 1. The molecule has 1 aromatic heterocycles. The molecule has 3 amide bonds. The highest BCUT2D eigenvalue weighted by molar-refractivity contribution is 5.89. The number of nitrogens with one attached hydrogen (secondary N) is 2. The molecule has 1 aliphatic rings. The summed E-state index contributed by atoms with van der Waals surface area (Å²) in [6.45, 7) is 3.19. The van der Waals surface area contributed by atoms with E-state index in [1.165, 1.54) is 30.3 Å². The van der Waals surface area contributed by atoms with Crippen molar-refractivity contribution in [1.82, 2.24) is 15.2 Å². The number of methoxy groups -OCH3 is 1. The third-order valence-corrected chi connectivity index (χ3v) is 5.08. The molecule has 3 rings (SSSR count). The maximum absolute atomic E-state index is 13.5. The van der Waals surface area contributed by atoms with Crippen LogP contribution in [0.2, 0.25) is 0 Å². The number of nitrogens with zero attached hydrogens (tertiary/aromatic N) is 3. The Kier molecular flexibility index (Phi) is 7.06. The number of aryl methyl sites for hydroxylation is 1. The van der Waals surface area contributed by atoms with Crippen LogP contribution in [0.1, 0.15) is 16.8 Å². The minimum absolute atomic E-state index is 0.0532. The van der Waals surface area contributed by atoms with Crippen molar-refractivity contribution in [3.05, 3.63) is 53.3 Å². The van der Waals surface area contributed by atoms with Gasteiger partial charge in [0.2, 0.25) is 0 Å². The molecule has 0 unspecified atom stereocenters. The molecule has 0 radical (unpaired) electrons. The van der Waals surface area contributed by atoms with Gasteiger partial charge in [0, 0.05) is 44.1 Å². The van der Waals surface area contributed by atoms with E-state index in [-0.39, 0.29) is 12.1 Å². The fourth-order valence-corrected chi connectivity index (χ4v) is 3.37. The number of piperazine rings is 1. The topological polar surface area (TPSA) is 86.8 Å². The highest BCUT2D eigenvalue weighted by atomic mass is 19.4. The number of alkyl halides is 3. The van der Waals surface area contributed by atoms with Gasteiger partial charge in [0.15, 0.2) is 0 Å². The van der Waals surface area contributed by atoms with Gasteiger partial charge >= 0.3 is 18.3 Å². The molecule has 1 saturated heterocycles. The third-order valence-electron chi connectivity index (χ3n) is 5.08. The van der Waals surface area contributed by atoms with Crippen LogP contribution >= 0.6 is 0 Å². The molecule has 2 N–H and O–H groups in total. The summed E-state index contributed by atoms with van der Waals surface area (Å²) in [6.07, 6.45) is -3.53. The van der Waals surface area contributed by atoms with Crippen LogP contribution in [0.15, 0.2) is 36.5 Å². The molecule has 32 heavy (non-hydrogen) atoms. The highest BCUT2D eigenvalue weighted by Crippen LogP contribution is 2.34. The lowest BCUT2D eigenvalue weighted by Gasteiger charge is -2.35. The second kappa shape index (κ2) is 9.75. The minimum Gasteiger partial charge on any atom is -0.453 e. The Hall–Kier alpha value is -3.50. The van der Waals surface area contributed by atoms with Gasteiger partial charge in [0.1, 0.15) is 0 Å². The zero-order valence-electron chi connectivity index (χ0n) is 17.7. The number of halogens is 3. The van der Waals surface area contributed by atoms with E-state index >= 15 is 0 Å². The first kappa shape index (κ1) is 23.2. The summed E-state index contributed by atoms with van der Waals surface area (Å²) in [4.78, 5) is 31.3. The van der Waals surface area contributed by atoms with Gasteiger partial charge in [-0.25, -0.2) is 9.59 Å². The normalized spacial score (nSPS) is 14.2. The molecule has 0 bridgehead atoms. The van der Waals surface area contributed by atoms with Crippen molar-refractivity contribution in [2.45, 2.75) is 19.6 Å². The molecule has 8 nitrogen and oxygen atoms in total. The summed E-state index contributed by atoms with van der Waals surface area (Å²) < 4.78 is 45.2. The van der Waals surface area contributed by atoms with Crippen molar-refractivity contribution in [2.75, 3.05) is 43.5 Å². The summed E-state index contributed by atoms with van der Waals surface area (Å²) in [6, 6.07) is 6.56. The number of hydrogen-bond donors (Lipinski definition) is 2. The minimum atomic E-state index is -4.56. The predicted molar refractivity (Wildman–Crippen MR) is 112 cm³/mol. The van der Waals surface area contributed by atoms with E-state index in [0.29, 0.717) is 37.6 Å². The Labute approximate surface area is 183 Å². The van der Waals surface area contributed by atoms with E-state index in [0.717, 1.165) is 11.8 Å². The Morgan fingerprint density at radius 3 is 2.44 bits per heavy atom. The first-order valence-corrected chi connectivity index (χ1v) is 9.93. The molecule has 11 heteroatoms. The van der Waals surface area contributed by atoms with E-state index in [2.05, 4.69) is 15.6 Å². The van der Waals surface area contributed by atoms with E-state index in [4.69, 9.17) is 4.74 Å². The molecule has 0 saturated carbocycles. The third kappa shape index (κ3) is 5.80. The number of aromatic nitrogens is 1. The number of hydrogen-bond acceptors (Lipinski definition) is 5. The zero-order chi connectivity index (χ0) is 23.3. The second-order valence-electron chi connectivity index (χ2n) is 7.28. The number of rotatable bonds is 4.